The quantitative estimate of drug-likeness (QED) is 0.658. The van der Waals surface area contributed by atoms with Crippen LogP contribution in [0.4, 0.5) is 13.2 Å². The fourth-order valence-corrected chi connectivity index (χ4v) is 4.87. The Labute approximate surface area is 115 Å². The van der Waals surface area contributed by atoms with Gasteiger partial charge in [0.1, 0.15) is 0 Å². The molecule has 2 atom stereocenters. The van der Waals surface area contributed by atoms with Crippen molar-refractivity contribution in [3.8, 4) is 0 Å². The Morgan fingerprint density at radius 2 is 2.12 bits per heavy atom. The third-order valence-electron chi connectivity index (χ3n) is 3.88. The van der Waals surface area contributed by atoms with Gasteiger partial charge in [0.2, 0.25) is 0 Å². The van der Waals surface area contributed by atoms with Crippen LogP contribution in [0.1, 0.15) is 25.7 Å². The number of ether oxygens (including phenoxy) is 1. The number of hydrogen-bond donors (Lipinski definition) is 0. The van der Waals surface area contributed by atoms with Gasteiger partial charge in [0.05, 0.1) is 0 Å². The van der Waals surface area contributed by atoms with Crippen LogP contribution >= 0.6 is 0 Å². The zero-order valence-electron chi connectivity index (χ0n) is 9.63. The zero-order chi connectivity index (χ0) is 12.5. The van der Waals surface area contributed by atoms with Crippen molar-refractivity contribution in [2.24, 2.45) is 0 Å². The fourth-order valence-electron chi connectivity index (χ4n) is 3.10. The average molecular weight is 445 g/mol. The molecular weight excluding hydrogens is 428 g/mol. The minimum atomic E-state index is -4.20. The van der Waals surface area contributed by atoms with Gasteiger partial charge in [-0.25, -0.2) is 0 Å². The van der Waals surface area contributed by atoms with E-state index in [1.54, 1.807) is 25.1 Å². The molecule has 2 fully saturated rings. The van der Waals surface area contributed by atoms with Crippen LogP contribution in [-0.4, -0.2) is 67.5 Å². The molecule has 0 aliphatic carbocycles. The maximum atomic E-state index is 12.0. The van der Waals surface area contributed by atoms with Crippen LogP contribution < -0.4 is 0 Å². The molecule has 0 saturated carbocycles. The molecular formula is C11H17F3NOPo. The zero-order valence-corrected chi connectivity index (χ0v) is 12.8. The van der Waals surface area contributed by atoms with Gasteiger partial charge in [-0.05, 0) is 0 Å². The van der Waals surface area contributed by atoms with E-state index < -0.39 is 12.8 Å². The summed E-state index contributed by atoms with van der Waals surface area (Å²) in [5.74, 6) is 0. The first-order chi connectivity index (χ1) is 7.97. The SMILES string of the molecule is FC(F)(F)COC[C@@H]1CCC2([CH2][Po])CCCN12. The second kappa shape index (κ2) is 5.31. The maximum absolute atomic E-state index is 12.0. The summed E-state index contributed by atoms with van der Waals surface area (Å²) in [5.41, 5.74) is 0.307. The van der Waals surface area contributed by atoms with Crippen molar-refractivity contribution in [1.82, 2.24) is 4.90 Å². The second-order valence-corrected chi connectivity index (χ2v) is 6.11. The van der Waals surface area contributed by atoms with Crippen molar-refractivity contribution < 1.29 is 17.9 Å². The number of nitrogens with zero attached hydrogens (tertiary/aromatic N) is 1. The van der Waals surface area contributed by atoms with Gasteiger partial charge >= 0.3 is 115 Å². The van der Waals surface area contributed by atoms with Crippen molar-refractivity contribution in [1.29, 1.82) is 0 Å². The molecule has 1 radical (unpaired) electrons. The van der Waals surface area contributed by atoms with Gasteiger partial charge in [-0.3, -0.25) is 0 Å². The Bertz CT molecular complexity index is 274. The van der Waals surface area contributed by atoms with E-state index in [-0.39, 0.29) is 12.6 Å². The van der Waals surface area contributed by atoms with Crippen LogP contribution in [0, 0.1) is 0 Å². The normalized spacial score (nSPS) is 34.2. The molecule has 99 valence electrons. The van der Waals surface area contributed by atoms with Gasteiger partial charge in [-0.1, -0.05) is 0 Å². The molecule has 2 rings (SSSR count). The topological polar surface area (TPSA) is 12.5 Å². The van der Waals surface area contributed by atoms with E-state index in [0.717, 1.165) is 19.4 Å². The predicted molar refractivity (Wildman–Crippen MR) is 59.1 cm³/mol. The molecule has 1 unspecified atom stereocenters. The summed E-state index contributed by atoms with van der Waals surface area (Å²) in [6, 6.07) is 0.208. The molecule has 17 heavy (non-hydrogen) atoms. The molecule has 0 aromatic carbocycles. The Hall–Kier alpha value is 0.606. The first kappa shape index (κ1) is 14.0. The summed E-state index contributed by atoms with van der Waals surface area (Å²) in [6.07, 6.45) is 0.326. The van der Waals surface area contributed by atoms with E-state index in [1.807, 2.05) is 0 Å². The Balaban J connectivity index is 1.83. The van der Waals surface area contributed by atoms with E-state index in [0.29, 0.717) is 5.54 Å². The van der Waals surface area contributed by atoms with Gasteiger partial charge in [-0.15, -0.1) is 0 Å². The molecule has 2 saturated heterocycles. The molecule has 2 nitrogen and oxygen atoms in total. The molecule has 0 spiro atoms. The van der Waals surface area contributed by atoms with Crippen LogP contribution in [0.2, 0.25) is 4.08 Å². The van der Waals surface area contributed by atoms with Crippen LogP contribution in [0.3, 0.4) is 0 Å². The summed E-state index contributed by atoms with van der Waals surface area (Å²) >= 11 is 1.57. The third kappa shape index (κ3) is 3.14. The van der Waals surface area contributed by atoms with E-state index >= 15 is 0 Å². The van der Waals surface area contributed by atoms with Gasteiger partial charge in [0, 0.05) is 0 Å². The third-order valence-corrected chi connectivity index (χ3v) is 5.97. The van der Waals surface area contributed by atoms with Gasteiger partial charge in [-0.2, -0.15) is 0 Å². The van der Waals surface area contributed by atoms with Crippen molar-refractivity contribution >= 4 is 25.1 Å². The molecule has 0 N–H and O–H groups in total. The molecule has 6 heteroatoms. The first-order valence-electron chi connectivity index (χ1n) is 5.96. The Morgan fingerprint density at radius 1 is 1.35 bits per heavy atom. The molecule has 0 aromatic heterocycles. The summed E-state index contributed by atoms with van der Waals surface area (Å²) in [4.78, 5) is 2.41. The van der Waals surface area contributed by atoms with Crippen molar-refractivity contribution in [2.75, 3.05) is 19.8 Å². The standard InChI is InChI=1S/C11H17F3NO.Po/c1-10-4-2-6-15(10)9(3-5-10)7-16-8-11(12,13)14;/h9H,1-8H2;/t9-,10?;/m0./s1. The number of fused-ring (bicyclic) bond motifs is 1. The Morgan fingerprint density at radius 3 is 2.76 bits per heavy atom. The van der Waals surface area contributed by atoms with Gasteiger partial charge in [0.15, 0.2) is 0 Å². The predicted octanol–water partition coefficient (Wildman–Crippen LogP) is 2.15. The van der Waals surface area contributed by atoms with E-state index in [4.69, 9.17) is 4.74 Å². The number of alkyl halides is 3. The van der Waals surface area contributed by atoms with Crippen LogP contribution in [0.15, 0.2) is 0 Å². The fraction of sp³-hybridized carbons (Fsp3) is 1.00. The van der Waals surface area contributed by atoms with Crippen LogP contribution in [0.5, 0.6) is 0 Å². The minimum absolute atomic E-state index is 0.208. The second-order valence-electron chi connectivity index (χ2n) is 4.99. The van der Waals surface area contributed by atoms with Crippen LogP contribution in [0.25, 0.3) is 0 Å². The van der Waals surface area contributed by atoms with Crippen molar-refractivity contribution in [3.05, 3.63) is 0 Å². The van der Waals surface area contributed by atoms with Crippen LogP contribution in [-0.2, 0) is 4.74 Å². The summed E-state index contributed by atoms with van der Waals surface area (Å²) < 4.78 is 42.0. The molecule has 0 amide bonds. The van der Waals surface area contributed by atoms with Crippen molar-refractivity contribution in [2.45, 2.75) is 47.5 Å². The Kier molecular flexibility index (Phi) is 4.38. The average Bonchev–Trinajstić information content (AvgIpc) is 2.77. The summed E-state index contributed by atoms with van der Waals surface area (Å²) in [6.45, 7) is 0.158. The van der Waals surface area contributed by atoms with E-state index in [1.165, 1.54) is 16.9 Å². The monoisotopic (exact) mass is 445 g/mol. The van der Waals surface area contributed by atoms with Gasteiger partial charge in [0.25, 0.3) is 0 Å². The number of hydrogen-bond acceptors (Lipinski definition) is 2. The summed E-state index contributed by atoms with van der Waals surface area (Å²) in [7, 11) is 0. The van der Waals surface area contributed by atoms with E-state index in [2.05, 4.69) is 4.90 Å². The number of rotatable bonds is 4. The van der Waals surface area contributed by atoms with Crippen molar-refractivity contribution in [3.63, 3.8) is 0 Å². The molecule has 2 aliphatic rings. The molecule has 0 bridgehead atoms. The number of halogens is 3. The molecule has 2 heterocycles. The summed E-state index contributed by atoms with van der Waals surface area (Å²) in [5, 5.41) is 0. The first-order valence-corrected chi connectivity index (χ1v) is 8.21. The van der Waals surface area contributed by atoms with E-state index in [9.17, 15) is 13.2 Å². The molecule has 0 aromatic rings. The van der Waals surface area contributed by atoms with Gasteiger partial charge < -0.3 is 0 Å². The molecule has 2 aliphatic heterocycles.